The highest BCUT2D eigenvalue weighted by Crippen LogP contribution is 2.28. The van der Waals surface area contributed by atoms with Crippen LogP contribution in [0.5, 0.6) is 0 Å². The van der Waals surface area contributed by atoms with Gasteiger partial charge >= 0.3 is 0 Å². The summed E-state index contributed by atoms with van der Waals surface area (Å²) in [6, 6.07) is 12.6. The Balaban J connectivity index is 1.54. The van der Waals surface area contributed by atoms with Gasteiger partial charge in [0.15, 0.2) is 0 Å². The topological polar surface area (TPSA) is 36.4 Å². The fraction of sp³-hybridized carbons (Fsp3) is 0.368. The van der Waals surface area contributed by atoms with Gasteiger partial charge in [0.1, 0.15) is 5.82 Å². The maximum absolute atomic E-state index is 13.9. The molecule has 1 aromatic carbocycles. The van der Waals surface area contributed by atoms with E-state index in [-0.39, 0.29) is 17.6 Å². The van der Waals surface area contributed by atoms with E-state index in [1.807, 2.05) is 47.2 Å². The van der Waals surface area contributed by atoms with E-state index in [1.54, 1.807) is 12.3 Å². The Kier molecular flexibility index (Phi) is 5.20. The van der Waals surface area contributed by atoms with Crippen LogP contribution in [-0.4, -0.2) is 47.4 Å². The normalized spacial score (nSPS) is 17.5. The van der Waals surface area contributed by atoms with Gasteiger partial charge in [-0.25, -0.2) is 4.39 Å². The fourth-order valence-corrected chi connectivity index (χ4v) is 3.20. The number of aromatic nitrogens is 1. The van der Waals surface area contributed by atoms with Gasteiger partial charge in [-0.2, -0.15) is 0 Å². The van der Waals surface area contributed by atoms with Crippen molar-refractivity contribution in [2.75, 3.05) is 26.7 Å². The predicted octanol–water partition coefficient (Wildman–Crippen LogP) is 2.67. The van der Waals surface area contributed by atoms with E-state index in [0.29, 0.717) is 26.2 Å². The Morgan fingerprint density at radius 3 is 2.83 bits per heavy atom. The minimum atomic E-state index is -0.177. The van der Waals surface area contributed by atoms with Gasteiger partial charge in [-0.05, 0) is 37.2 Å². The average molecular weight is 327 g/mol. The zero-order valence-electron chi connectivity index (χ0n) is 13.9. The van der Waals surface area contributed by atoms with Crippen molar-refractivity contribution in [2.24, 2.45) is 0 Å². The molecule has 0 saturated carbocycles. The van der Waals surface area contributed by atoms with Crippen molar-refractivity contribution in [1.29, 1.82) is 0 Å². The summed E-state index contributed by atoms with van der Waals surface area (Å²) in [5, 5.41) is 0. The molecule has 3 rings (SSSR count). The number of carbonyl (C=O) groups excluding carboxylic acids is 1. The van der Waals surface area contributed by atoms with Gasteiger partial charge in [-0.15, -0.1) is 0 Å². The maximum atomic E-state index is 13.9. The highest BCUT2D eigenvalue weighted by Gasteiger charge is 2.29. The summed E-state index contributed by atoms with van der Waals surface area (Å²) in [6.07, 6.45) is 2.57. The molecule has 1 amide bonds. The molecular formula is C19H22FN3O. The summed E-state index contributed by atoms with van der Waals surface area (Å²) >= 11 is 0. The summed E-state index contributed by atoms with van der Waals surface area (Å²) in [5.41, 5.74) is 1.66. The van der Waals surface area contributed by atoms with Gasteiger partial charge in [-0.1, -0.05) is 24.3 Å². The molecule has 1 saturated heterocycles. The molecule has 1 fully saturated rings. The Hall–Kier alpha value is -2.27. The minimum absolute atomic E-state index is 0.0901. The molecule has 24 heavy (non-hydrogen) atoms. The molecule has 5 heteroatoms. The average Bonchev–Trinajstić information content (AvgIpc) is 3.06. The third-order valence-electron chi connectivity index (χ3n) is 4.45. The summed E-state index contributed by atoms with van der Waals surface area (Å²) < 4.78 is 13.9. The number of hydrogen-bond acceptors (Lipinski definition) is 3. The number of likely N-dealkylation sites (tertiary alicyclic amines) is 1. The van der Waals surface area contributed by atoms with Crippen LogP contribution in [0.3, 0.4) is 0 Å². The summed E-state index contributed by atoms with van der Waals surface area (Å²) in [5.74, 6) is 0.00702. The number of rotatable bonds is 5. The molecule has 2 aromatic rings. The number of pyridine rings is 1. The molecule has 1 atom stereocenters. The Morgan fingerprint density at radius 2 is 2.08 bits per heavy atom. The van der Waals surface area contributed by atoms with Crippen molar-refractivity contribution in [1.82, 2.24) is 14.8 Å². The van der Waals surface area contributed by atoms with E-state index in [0.717, 1.165) is 17.7 Å². The van der Waals surface area contributed by atoms with Crippen molar-refractivity contribution in [3.05, 3.63) is 65.7 Å². The molecule has 4 nitrogen and oxygen atoms in total. The SMILES string of the molecule is CN(CC(=O)N1CCC(c2ccccc2F)C1)Cc1ccccn1. The van der Waals surface area contributed by atoms with Crippen LogP contribution in [0, 0.1) is 5.82 Å². The van der Waals surface area contributed by atoms with Gasteiger partial charge in [-0.3, -0.25) is 14.7 Å². The summed E-state index contributed by atoms with van der Waals surface area (Å²) in [6.45, 7) is 2.27. The highest BCUT2D eigenvalue weighted by molar-refractivity contribution is 5.78. The number of carbonyl (C=O) groups is 1. The van der Waals surface area contributed by atoms with Crippen LogP contribution in [0.2, 0.25) is 0 Å². The monoisotopic (exact) mass is 327 g/mol. The standard InChI is InChI=1S/C19H22FN3O/c1-22(13-16-6-4-5-10-21-16)14-19(24)23-11-9-15(12-23)17-7-2-3-8-18(17)20/h2-8,10,15H,9,11-14H2,1H3. The van der Waals surface area contributed by atoms with E-state index < -0.39 is 0 Å². The Morgan fingerprint density at radius 1 is 1.29 bits per heavy atom. The lowest BCUT2D eigenvalue weighted by molar-refractivity contribution is -0.131. The largest absolute Gasteiger partial charge is 0.341 e. The molecule has 0 spiro atoms. The minimum Gasteiger partial charge on any atom is -0.341 e. The quantitative estimate of drug-likeness (QED) is 0.847. The third-order valence-corrected chi connectivity index (χ3v) is 4.45. The van der Waals surface area contributed by atoms with Crippen molar-refractivity contribution in [3.63, 3.8) is 0 Å². The van der Waals surface area contributed by atoms with Crippen molar-refractivity contribution in [2.45, 2.75) is 18.9 Å². The van der Waals surface area contributed by atoms with Crippen molar-refractivity contribution < 1.29 is 9.18 Å². The lowest BCUT2D eigenvalue weighted by Crippen LogP contribution is -2.37. The number of benzene rings is 1. The van der Waals surface area contributed by atoms with Gasteiger partial charge < -0.3 is 4.90 Å². The number of halogens is 1. The van der Waals surface area contributed by atoms with Crippen LogP contribution in [0.4, 0.5) is 4.39 Å². The summed E-state index contributed by atoms with van der Waals surface area (Å²) in [7, 11) is 1.91. The van der Waals surface area contributed by atoms with E-state index in [2.05, 4.69) is 4.98 Å². The first kappa shape index (κ1) is 16.6. The molecule has 0 N–H and O–H groups in total. The molecule has 1 aromatic heterocycles. The first-order chi connectivity index (χ1) is 11.6. The molecule has 0 aliphatic carbocycles. The Bertz CT molecular complexity index is 692. The lowest BCUT2D eigenvalue weighted by Gasteiger charge is -2.21. The van der Waals surface area contributed by atoms with Gasteiger partial charge in [0.05, 0.1) is 12.2 Å². The molecule has 1 aliphatic heterocycles. The number of likely N-dealkylation sites (N-methyl/N-ethyl adjacent to an activating group) is 1. The Labute approximate surface area is 141 Å². The van der Waals surface area contributed by atoms with Crippen LogP contribution < -0.4 is 0 Å². The number of amides is 1. The van der Waals surface area contributed by atoms with E-state index in [9.17, 15) is 9.18 Å². The smallest absolute Gasteiger partial charge is 0.236 e. The van der Waals surface area contributed by atoms with E-state index >= 15 is 0 Å². The second-order valence-corrected chi connectivity index (χ2v) is 6.34. The number of nitrogens with zero attached hydrogens (tertiary/aromatic N) is 3. The predicted molar refractivity (Wildman–Crippen MR) is 90.9 cm³/mol. The first-order valence-electron chi connectivity index (χ1n) is 8.24. The van der Waals surface area contributed by atoms with Crippen LogP contribution in [0.15, 0.2) is 48.7 Å². The van der Waals surface area contributed by atoms with Crippen molar-refractivity contribution >= 4 is 5.91 Å². The molecule has 0 bridgehead atoms. The van der Waals surface area contributed by atoms with Gasteiger partial charge in [0.2, 0.25) is 5.91 Å². The van der Waals surface area contributed by atoms with Crippen LogP contribution in [-0.2, 0) is 11.3 Å². The van der Waals surface area contributed by atoms with Gasteiger partial charge in [0, 0.05) is 31.7 Å². The van der Waals surface area contributed by atoms with Gasteiger partial charge in [0.25, 0.3) is 0 Å². The van der Waals surface area contributed by atoms with E-state index in [1.165, 1.54) is 6.07 Å². The fourth-order valence-electron chi connectivity index (χ4n) is 3.20. The first-order valence-corrected chi connectivity index (χ1v) is 8.24. The zero-order chi connectivity index (χ0) is 16.9. The lowest BCUT2D eigenvalue weighted by atomic mass is 9.98. The second kappa shape index (κ2) is 7.53. The molecule has 126 valence electrons. The molecule has 0 radical (unpaired) electrons. The molecule has 2 heterocycles. The van der Waals surface area contributed by atoms with Crippen LogP contribution in [0.1, 0.15) is 23.6 Å². The summed E-state index contributed by atoms with van der Waals surface area (Å²) in [4.78, 5) is 20.6. The third kappa shape index (κ3) is 3.97. The van der Waals surface area contributed by atoms with Crippen LogP contribution in [0.25, 0.3) is 0 Å². The van der Waals surface area contributed by atoms with Crippen molar-refractivity contribution in [3.8, 4) is 0 Å². The molecule has 1 aliphatic rings. The van der Waals surface area contributed by atoms with Crippen LogP contribution >= 0.6 is 0 Å². The highest BCUT2D eigenvalue weighted by atomic mass is 19.1. The second-order valence-electron chi connectivity index (χ2n) is 6.34. The molecule has 1 unspecified atom stereocenters. The maximum Gasteiger partial charge on any atom is 0.236 e. The van der Waals surface area contributed by atoms with E-state index in [4.69, 9.17) is 0 Å². The zero-order valence-corrected chi connectivity index (χ0v) is 13.9. The number of hydrogen-bond donors (Lipinski definition) is 0. The molecular weight excluding hydrogens is 305 g/mol.